The number of pyridine rings is 1. The first-order valence-corrected chi connectivity index (χ1v) is 11.9. The van der Waals surface area contributed by atoms with Gasteiger partial charge >= 0.3 is 0 Å². The van der Waals surface area contributed by atoms with Crippen LogP contribution >= 0.6 is 0 Å². The van der Waals surface area contributed by atoms with E-state index in [0.29, 0.717) is 37.6 Å². The summed E-state index contributed by atoms with van der Waals surface area (Å²) >= 11 is 0. The number of amides is 3. The van der Waals surface area contributed by atoms with Crippen LogP contribution in [0.2, 0.25) is 0 Å². The Morgan fingerprint density at radius 3 is 2.34 bits per heavy atom. The maximum absolute atomic E-state index is 12.8. The summed E-state index contributed by atoms with van der Waals surface area (Å²) in [4.78, 5) is 44.8. The van der Waals surface area contributed by atoms with Crippen molar-refractivity contribution < 1.29 is 14.4 Å². The number of carbonyl (C=O) groups excluding carboxylic acids is 3. The molecule has 1 aliphatic heterocycles. The number of anilines is 2. The third-order valence-corrected chi connectivity index (χ3v) is 6.21. The van der Waals surface area contributed by atoms with E-state index < -0.39 is 0 Å². The van der Waals surface area contributed by atoms with Gasteiger partial charge in [-0.2, -0.15) is 0 Å². The summed E-state index contributed by atoms with van der Waals surface area (Å²) in [7, 11) is 0. The van der Waals surface area contributed by atoms with Gasteiger partial charge in [0.05, 0.1) is 12.1 Å². The Morgan fingerprint density at radius 1 is 0.914 bits per heavy atom. The van der Waals surface area contributed by atoms with Crippen molar-refractivity contribution in [2.45, 2.75) is 20.3 Å². The fraction of sp³-hybridized carbons (Fsp3) is 0.333. The Kier molecular flexibility index (Phi) is 7.72. The number of nitrogens with one attached hydrogen (secondary N) is 2. The molecule has 1 unspecified atom stereocenters. The minimum absolute atomic E-state index is 0.0524. The zero-order valence-corrected chi connectivity index (χ0v) is 20.2. The zero-order valence-electron chi connectivity index (χ0n) is 20.2. The molecule has 0 aliphatic carbocycles. The lowest BCUT2D eigenvalue weighted by atomic mass is 9.96. The van der Waals surface area contributed by atoms with Crippen LogP contribution in [-0.2, 0) is 20.8 Å². The Hall–Kier alpha value is -3.78. The molecule has 1 atom stereocenters. The normalized spacial score (nSPS) is 16.5. The molecule has 182 valence electrons. The molecule has 3 amide bonds. The van der Waals surface area contributed by atoms with Gasteiger partial charge in [0.25, 0.3) is 0 Å². The average Bonchev–Trinajstić information content (AvgIpc) is 3.02. The van der Waals surface area contributed by atoms with Crippen LogP contribution in [0.4, 0.5) is 11.4 Å². The minimum Gasteiger partial charge on any atom is -0.341 e. The van der Waals surface area contributed by atoms with Crippen molar-refractivity contribution in [1.82, 2.24) is 14.8 Å². The molecule has 0 saturated carbocycles. The standard InChI is InChI=1S/C27H31N5O3/c1-19(33)29-24-8-10-25(11-9-24)30-26(35)18-31-13-14-32(20(2)34)17-21(16-31)15-23-6-3-5-22-7-4-12-28-27(22)23/h3-12,21H,13-18H2,1-2H3,(H,29,33)(H,30,35). The van der Waals surface area contributed by atoms with E-state index in [1.165, 1.54) is 6.92 Å². The lowest BCUT2D eigenvalue weighted by Gasteiger charge is -2.24. The summed E-state index contributed by atoms with van der Waals surface area (Å²) < 4.78 is 0. The van der Waals surface area contributed by atoms with Gasteiger partial charge in [0.15, 0.2) is 0 Å². The summed E-state index contributed by atoms with van der Waals surface area (Å²) in [5, 5.41) is 6.74. The molecule has 8 heteroatoms. The minimum atomic E-state index is -0.142. The van der Waals surface area contributed by atoms with Crippen molar-refractivity contribution in [3.05, 3.63) is 66.4 Å². The van der Waals surface area contributed by atoms with Crippen LogP contribution in [0.1, 0.15) is 19.4 Å². The van der Waals surface area contributed by atoms with Crippen molar-refractivity contribution in [3.8, 4) is 0 Å². The molecular formula is C27H31N5O3. The lowest BCUT2D eigenvalue weighted by molar-refractivity contribution is -0.129. The van der Waals surface area contributed by atoms with Crippen molar-refractivity contribution in [2.24, 2.45) is 5.92 Å². The highest BCUT2D eigenvalue weighted by Crippen LogP contribution is 2.22. The van der Waals surface area contributed by atoms with E-state index >= 15 is 0 Å². The number of fused-ring (bicyclic) bond motifs is 1. The van der Waals surface area contributed by atoms with Crippen molar-refractivity contribution in [2.75, 3.05) is 43.4 Å². The van der Waals surface area contributed by atoms with Gasteiger partial charge in [-0.1, -0.05) is 24.3 Å². The second-order valence-corrected chi connectivity index (χ2v) is 9.07. The van der Waals surface area contributed by atoms with Crippen LogP contribution in [0, 0.1) is 5.92 Å². The van der Waals surface area contributed by atoms with Crippen LogP contribution in [0.3, 0.4) is 0 Å². The first-order valence-electron chi connectivity index (χ1n) is 11.9. The largest absolute Gasteiger partial charge is 0.341 e. The summed E-state index contributed by atoms with van der Waals surface area (Å²) in [5.41, 5.74) is 3.49. The third kappa shape index (κ3) is 6.64. The molecule has 0 radical (unpaired) electrons. The van der Waals surface area contributed by atoms with E-state index in [4.69, 9.17) is 0 Å². The van der Waals surface area contributed by atoms with Gasteiger partial charge in [0.2, 0.25) is 17.7 Å². The van der Waals surface area contributed by atoms with Gasteiger partial charge < -0.3 is 15.5 Å². The lowest BCUT2D eigenvalue weighted by Crippen LogP contribution is -2.37. The van der Waals surface area contributed by atoms with E-state index in [-0.39, 0.29) is 30.2 Å². The van der Waals surface area contributed by atoms with Gasteiger partial charge in [-0.05, 0) is 48.2 Å². The van der Waals surface area contributed by atoms with Crippen LogP contribution in [0.25, 0.3) is 10.9 Å². The van der Waals surface area contributed by atoms with Crippen LogP contribution in [0.15, 0.2) is 60.8 Å². The fourth-order valence-electron chi connectivity index (χ4n) is 4.62. The Bertz CT molecular complexity index is 1210. The Morgan fingerprint density at radius 2 is 1.63 bits per heavy atom. The molecule has 1 aliphatic rings. The number of benzene rings is 2. The summed E-state index contributed by atoms with van der Waals surface area (Å²) in [5.74, 6) is -0.0223. The number of rotatable bonds is 6. The molecule has 2 aromatic carbocycles. The van der Waals surface area contributed by atoms with Gasteiger partial charge in [0.1, 0.15) is 0 Å². The van der Waals surface area contributed by atoms with Gasteiger partial charge in [-0.3, -0.25) is 24.3 Å². The summed E-state index contributed by atoms with van der Waals surface area (Å²) in [6, 6.07) is 17.2. The van der Waals surface area contributed by atoms with E-state index in [2.05, 4.69) is 38.7 Å². The molecule has 3 aromatic rings. The molecule has 0 bridgehead atoms. The molecule has 1 aromatic heterocycles. The average molecular weight is 474 g/mol. The fourth-order valence-corrected chi connectivity index (χ4v) is 4.62. The predicted octanol–water partition coefficient (Wildman–Crippen LogP) is 3.15. The number of hydrogen-bond acceptors (Lipinski definition) is 5. The van der Waals surface area contributed by atoms with Gasteiger partial charge in [-0.25, -0.2) is 0 Å². The maximum atomic E-state index is 12.8. The summed E-state index contributed by atoms with van der Waals surface area (Å²) in [6.45, 7) is 5.89. The van der Waals surface area contributed by atoms with E-state index in [1.807, 2.05) is 17.0 Å². The second-order valence-electron chi connectivity index (χ2n) is 9.07. The second kappa shape index (κ2) is 11.1. The maximum Gasteiger partial charge on any atom is 0.238 e. The molecule has 1 fully saturated rings. The smallest absolute Gasteiger partial charge is 0.238 e. The molecule has 2 heterocycles. The van der Waals surface area contributed by atoms with Crippen LogP contribution in [-0.4, -0.2) is 65.2 Å². The number of carbonyl (C=O) groups is 3. The van der Waals surface area contributed by atoms with Gasteiger partial charge in [-0.15, -0.1) is 0 Å². The highest BCUT2D eigenvalue weighted by atomic mass is 16.2. The van der Waals surface area contributed by atoms with Crippen LogP contribution < -0.4 is 10.6 Å². The van der Waals surface area contributed by atoms with E-state index in [9.17, 15) is 14.4 Å². The number of para-hydroxylation sites is 1. The Labute approximate surface area is 205 Å². The first-order chi connectivity index (χ1) is 16.9. The molecule has 0 spiro atoms. The first kappa shape index (κ1) is 24.3. The topological polar surface area (TPSA) is 94.6 Å². The zero-order chi connectivity index (χ0) is 24.8. The van der Waals surface area contributed by atoms with Crippen molar-refractivity contribution >= 4 is 40.0 Å². The molecule has 2 N–H and O–H groups in total. The molecule has 1 saturated heterocycles. The number of nitrogens with zero attached hydrogens (tertiary/aromatic N) is 3. The molecule has 35 heavy (non-hydrogen) atoms. The third-order valence-electron chi connectivity index (χ3n) is 6.21. The quantitative estimate of drug-likeness (QED) is 0.574. The molecular weight excluding hydrogens is 442 g/mol. The van der Waals surface area contributed by atoms with Crippen molar-refractivity contribution in [1.29, 1.82) is 0 Å². The van der Waals surface area contributed by atoms with E-state index in [1.54, 1.807) is 37.4 Å². The van der Waals surface area contributed by atoms with Crippen molar-refractivity contribution in [3.63, 3.8) is 0 Å². The van der Waals surface area contributed by atoms with E-state index in [0.717, 1.165) is 22.9 Å². The number of aromatic nitrogens is 1. The monoisotopic (exact) mass is 473 g/mol. The SMILES string of the molecule is CC(=O)Nc1ccc(NC(=O)CN2CCN(C(C)=O)CC(Cc3cccc4cccnc34)C2)cc1. The highest BCUT2D eigenvalue weighted by Gasteiger charge is 2.26. The predicted molar refractivity (Wildman–Crippen MR) is 137 cm³/mol. The van der Waals surface area contributed by atoms with Gasteiger partial charge in [0, 0.05) is 63.0 Å². The Balaban J connectivity index is 1.43. The highest BCUT2D eigenvalue weighted by molar-refractivity contribution is 5.93. The summed E-state index contributed by atoms with van der Waals surface area (Å²) in [6.07, 6.45) is 2.58. The molecule has 4 rings (SSSR count). The van der Waals surface area contributed by atoms with Crippen LogP contribution in [0.5, 0.6) is 0 Å². The number of hydrogen-bond donors (Lipinski definition) is 2. The molecule has 8 nitrogen and oxygen atoms in total.